The monoisotopic (exact) mass is 442 g/mol. The van der Waals surface area contributed by atoms with Gasteiger partial charge in [-0.15, -0.1) is 0 Å². The molecular weight excluding hydrogens is 412 g/mol. The molecule has 1 unspecified atom stereocenters. The Bertz CT molecular complexity index is 1340. The van der Waals surface area contributed by atoms with Gasteiger partial charge in [-0.05, 0) is 53.1 Å². The van der Waals surface area contributed by atoms with Crippen molar-refractivity contribution in [2.75, 3.05) is 0 Å². The van der Waals surface area contributed by atoms with Gasteiger partial charge >= 0.3 is 0 Å². The van der Waals surface area contributed by atoms with Gasteiger partial charge in [0.1, 0.15) is 5.82 Å². The minimum absolute atomic E-state index is 0.200. The van der Waals surface area contributed by atoms with Crippen molar-refractivity contribution in [3.63, 3.8) is 0 Å². The van der Waals surface area contributed by atoms with Crippen molar-refractivity contribution in [2.45, 2.75) is 44.1 Å². The quantitative estimate of drug-likeness (QED) is 0.234. The summed E-state index contributed by atoms with van der Waals surface area (Å²) in [6, 6.07) is 39.5. The summed E-state index contributed by atoms with van der Waals surface area (Å²) in [5, 5.41) is 0. The summed E-state index contributed by atoms with van der Waals surface area (Å²) in [6.45, 7) is 3.29. The van der Waals surface area contributed by atoms with Crippen molar-refractivity contribution >= 4 is 11.0 Å². The minimum Gasteiger partial charge on any atom is -0.327 e. The summed E-state index contributed by atoms with van der Waals surface area (Å²) < 4.78 is 2.52. The van der Waals surface area contributed by atoms with Crippen LogP contribution in [-0.2, 0) is 6.54 Å². The van der Waals surface area contributed by atoms with Gasteiger partial charge in [0.15, 0.2) is 0 Å². The molecule has 2 heteroatoms. The predicted molar refractivity (Wildman–Crippen MR) is 140 cm³/mol. The first-order valence-electron chi connectivity index (χ1n) is 12.4. The molecule has 0 aliphatic heterocycles. The van der Waals surface area contributed by atoms with Crippen LogP contribution in [0.2, 0.25) is 0 Å². The zero-order valence-electron chi connectivity index (χ0n) is 19.6. The Labute approximate surface area is 201 Å². The summed E-state index contributed by atoms with van der Waals surface area (Å²) in [6.07, 6.45) is 2.51. The number of hydrogen-bond acceptors (Lipinski definition) is 1. The molecule has 2 nitrogen and oxygen atoms in total. The van der Waals surface area contributed by atoms with Gasteiger partial charge in [0.25, 0.3) is 0 Å². The van der Waals surface area contributed by atoms with Gasteiger partial charge in [-0.25, -0.2) is 4.98 Å². The van der Waals surface area contributed by atoms with Gasteiger partial charge in [-0.3, -0.25) is 0 Å². The van der Waals surface area contributed by atoms with E-state index in [0.717, 1.165) is 12.1 Å². The fourth-order valence-electron chi connectivity index (χ4n) is 5.21. The van der Waals surface area contributed by atoms with Crippen LogP contribution in [0.3, 0.4) is 0 Å². The van der Waals surface area contributed by atoms with Gasteiger partial charge in [0.2, 0.25) is 0 Å². The van der Waals surface area contributed by atoms with Gasteiger partial charge in [0, 0.05) is 18.4 Å². The van der Waals surface area contributed by atoms with E-state index in [1.165, 1.54) is 46.4 Å². The largest absolute Gasteiger partial charge is 0.327 e. The molecule has 34 heavy (non-hydrogen) atoms. The topological polar surface area (TPSA) is 17.8 Å². The SMILES string of the molecule is CC(Cn1c(C2CC2)nc2ccc(C(c3ccccc3)c3ccccc3)cc21)c1ccccc1. The summed E-state index contributed by atoms with van der Waals surface area (Å²) in [5.74, 6) is 2.51. The maximum absolute atomic E-state index is 5.13. The van der Waals surface area contributed by atoms with Crippen LogP contribution in [0.1, 0.15) is 65.6 Å². The summed E-state index contributed by atoms with van der Waals surface area (Å²) in [4.78, 5) is 5.13. The summed E-state index contributed by atoms with van der Waals surface area (Å²) in [7, 11) is 0. The molecule has 0 bridgehead atoms. The highest BCUT2D eigenvalue weighted by Gasteiger charge is 2.30. The molecule has 1 aliphatic carbocycles. The van der Waals surface area contributed by atoms with E-state index in [2.05, 4.69) is 121 Å². The van der Waals surface area contributed by atoms with Crippen LogP contribution in [0, 0.1) is 0 Å². The third-order valence-electron chi connectivity index (χ3n) is 7.17. The molecular formula is C32H30N2. The Hall–Kier alpha value is -3.65. The Morgan fingerprint density at radius 3 is 1.82 bits per heavy atom. The molecule has 1 aliphatic rings. The van der Waals surface area contributed by atoms with E-state index in [1.807, 2.05) is 0 Å². The zero-order chi connectivity index (χ0) is 22.9. The van der Waals surface area contributed by atoms with Crippen molar-refractivity contribution in [3.8, 4) is 0 Å². The van der Waals surface area contributed by atoms with E-state index in [0.29, 0.717) is 11.8 Å². The van der Waals surface area contributed by atoms with Crippen LogP contribution in [0.15, 0.2) is 109 Å². The third kappa shape index (κ3) is 4.05. The van der Waals surface area contributed by atoms with Gasteiger partial charge in [0.05, 0.1) is 11.0 Å². The number of fused-ring (bicyclic) bond motifs is 1. The van der Waals surface area contributed by atoms with E-state index in [1.54, 1.807) is 0 Å². The lowest BCUT2D eigenvalue weighted by molar-refractivity contribution is 0.586. The van der Waals surface area contributed by atoms with E-state index < -0.39 is 0 Å². The predicted octanol–water partition coefficient (Wildman–Crippen LogP) is 7.90. The molecule has 1 fully saturated rings. The van der Waals surface area contributed by atoms with E-state index in [9.17, 15) is 0 Å². The highest BCUT2D eigenvalue weighted by atomic mass is 15.1. The van der Waals surface area contributed by atoms with Crippen LogP contribution >= 0.6 is 0 Å². The zero-order valence-corrected chi connectivity index (χ0v) is 19.6. The average Bonchev–Trinajstić information content (AvgIpc) is 3.68. The molecule has 0 amide bonds. The number of hydrogen-bond donors (Lipinski definition) is 0. The van der Waals surface area contributed by atoms with Crippen molar-refractivity contribution in [2.24, 2.45) is 0 Å². The first kappa shape index (κ1) is 20.9. The molecule has 4 aromatic carbocycles. The number of nitrogens with zero attached hydrogens (tertiary/aromatic N) is 2. The van der Waals surface area contributed by atoms with Crippen molar-refractivity contribution in [3.05, 3.63) is 137 Å². The smallest absolute Gasteiger partial charge is 0.113 e. The second kappa shape index (κ2) is 8.95. The molecule has 0 spiro atoms. The van der Waals surface area contributed by atoms with Crippen molar-refractivity contribution in [1.29, 1.82) is 0 Å². The Kier molecular flexibility index (Phi) is 5.50. The van der Waals surface area contributed by atoms with Gasteiger partial charge in [-0.2, -0.15) is 0 Å². The van der Waals surface area contributed by atoms with Crippen LogP contribution in [0.25, 0.3) is 11.0 Å². The van der Waals surface area contributed by atoms with E-state index in [4.69, 9.17) is 4.98 Å². The highest BCUT2D eigenvalue weighted by Crippen LogP contribution is 2.42. The second-order valence-electron chi connectivity index (χ2n) is 9.67. The fraction of sp³-hybridized carbons (Fsp3) is 0.219. The van der Waals surface area contributed by atoms with Crippen molar-refractivity contribution < 1.29 is 0 Å². The molecule has 5 aromatic rings. The van der Waals surface area contributed by atoms with Crippen LogP contribution in [0.4, 0.5) is 0 Å². The first-order chi connectivity index (χ1) is 16.8. The van der Waals surface area contributed by atoms with Crippen LogP contribution in [-0.4, -0.2) is 9.55 Å². The number of imidazole rings is 1. The maximum atomic E-state index is 5.13. The third-order valence-corrected chi connectivity index (χ3v) is 7.17. The van der Waals surface area contributed by atoms with Crippen LogP contribution < -0.4 is 0 Å². The van der Waals surface area contributed by atoms with E-state index in [-0.39, 0.29) is 5.92 Å². The average molecular weight is 443 g/mol. The normalized spacial score (nSPS) is 14.5. The Morgan fingerprint density at radius 2 is 1.26 bits per heavy atom. The lowest BCUT2D eigenvalue weighted by Crippen LogP contribution is -2.10. The van der Waals surface area contributed by atoms with Gasteiger partial charge in [-0.1, -0.05) is 104 Å². The molecule has 0 N–H and O–H groups in total. The number of aromatic nitrogens is 2. The second-order valence-corrected chi connectivity index (χ2v) is 9.67. The maximum Gasteiger partial charge on any atom is 0.113 e. The molecule has 168 valence electrons. The first-order valence-corrected chi connectivity index (χ1v) is 12.4. The Balaban J connectivity index is 1.47. The molecule has 1 aromatic heterocycles. The molecule has 0 radical (unpaired) electrons. The lowest BCUT2D eigenvalue weighted by Gasteiger charge is -2.20. The highest BCUT2D eigenvalue weighted by molar-refractivity contribution is 5.78. The number of benzene rings is 4. The molecule has 0 saturated heterocycles. The van der Waals surface area contributed by atoms with E-state index >= 15 is 0 Å². The summed E-state index contributed by atoms with van der Waals surface area (Å²) in [5.41, 5.74) is 7.72. The van der Waals surface area contributed by atoms with Crippen molar-refractivity contribution in [1.82, 2.24) is 9.55 Å². The lowest BCUT2D eigenvalue weighted by atomic mass is 9.85. The Morgan fingerprint density at radius 1 is 0.706 bits per heavy atom. The van der Waals surface area contributed by atoms with Gasteiger partial charge < -0.3 is 4.57 Å². The summed E-state index contributed by atoms with van der Waals surface area (Å²) >= 11 is 0. The minimum atomic E-state index is 0.200. The fourth-order valence-corrected chi connectivity index (χ4v) is 5.21. The molecule has 1 heterocycles. The van der Waals surface area contributed by atoms with Crippen LogP contribution in [0.5, 0.6) is 0 Å². The molecule has 6 rings (SSSR count). The molecule has 1 atom stereocenters. The standard InChI is InChI=1S/C32H30N2/c1-23(24-11-5-2-6-12-24)22-34-30-21-28(19-20-29(30)33-32(34)27-17-18-27)31(25-13-7-3-8-14-25)26-15-9-4-10-16-26/h2-16,19-21,23,27,31H,17-18,22H2,1H3. The molecule has 1 saturated carbocycles. The number of rotatable bonds is 7.